The first kappa shape index (κ1) is 17.3. The molecule has 0 heterocycles. The number of hydrogen-bond acceptors (Lipinski definition) is 5. The van der Waals surface area contributed by atoms with Crippen molar-refractivity contribution in [3.63, 3.8) is 0 Å². The maximum absolute atomic E-state index is 12.2. The Labute approximate surface area is 139 Å². The Morgan fingerprint density at radius 3 is 2.43 bits per heavy atom. The molecule has 2 aromatic rings. The van der Waals surface area contributed by atoms with Crippen LogP contribution in [0.4, 0.5) is 5.69 Å². The second-order valence-corrected chi connectivity index (χ2v) is 6.68. The van der Waals surface area contributed by atoms with E-state index in [0.29, 0.717) is 10.7 Å². The summed E-state index contributed by atoms with van der Waals surface area (Å²) in [5.41, 5.74) is 6.45. The molecule has 23 heavy (non-hydrogen) atoms. The van der Waals surface area contributed by atoms with E-state index in [-0.39, 0.29) is 23.1 Å². The lowest BCUT2D eigenvalue weighted by molar-refractivity contribution is -0.114. The summed E-state index contributed by atoms with van der Waals surface area (Å²) in [5.74, 6) is -0.243. The Hall–Kier alpha value is -2.09. The van der Waals surface area contributed by atoms with Crippen molar-refractivity contribution < 1.29 is 17.4 Å². The van der Waals surface area contributed by atoms with Gasteiger partial charge in [0.1, 0.15) is 10.6 Å². The van der Waals surface area contributed by atoms with Crippen LogP contribution in [-0.2, 0) is 14.9 Å². The third kappa shape index (κ3) is 4.44. The number of benzene rings is 2. The Kier molecular flexibility index (Phi) is 5.25. The normalized spacial score (nSPS) is 11.1. The number of nitrogens with two attached hydrogens (primary N) is 1. The second-order valence-electron chi connectivity index (χ2n) is 4.73. The lowest BCUT2D eigenvalue weighted by Gasteiger charge is -2.09. The van der Waals surface area contributed by atoms with E-state index in [1.54, 1.807) is 13.0 Å². The van der Waals surface area contributed by atoms with E-state index in [1.165, 1.54) is 36.4 Å². The van der Waals surface area contributed by atoms with Crippen molar-refractivity contribution in [1.29, 1.82) is 0 Å². The number of carbonyl (C=O) groups excluding carboxylic acids is 1. The van der Waals surface area contributed by atoms with Crippen molar-refractivity contribution in [2.75, 3.05) is 11.9 Å². The van der Waals surface area contributed by atoms with Crippen molar-refractivity contribution in [2.45, 2.75) is 11.8 Å². The highest BCUT2D eigenvalue weighted by Crippen LogP contribution is 2.25. The minimum Gasteiger partial charge on any atom is -0.379 e. The summed E-state index contributed by atoms with van der Waals surface area (Å²) >= 11 is 5.95. The smallest absolute Gasteiger partial charge is 0.339 e. The van der Waals surface area contributed by atoms with Gasteiger partial charge >= 0.3 is 10.1 Å². The Balaban J connectivity index is 2.18. The van der Waals surface area contributed by atoms with Gasteiger partial charge in [0.2, 0.25) is 5.91 Å². The van der Waals surface area contributed by atoms with Crippen LogP contribution >= 0.6 is 11.6 Å². The van der Waals surface area contributed by atoms with Crippen LogP contribution in [-0.4, -0.2) is 20.9 Å². The van der Waals surface area contributed by atoms with Crippen LogP contribution in [0.15, 0.2) is 47.4 Å². The molecule has 0 atom stereocenters. The molecule has 0 radical (unpaired) electrons. The average molecular weight is 355 g/mol. The summed E-state index contributed by atoms with van der Waals surface area (Å²) in [6, 6.07) is 10.2. The van der Waals surface area contributed by atoms with Crippen LogP contribution in [0.5, 0.6) is 5.75 Å². The number of rotatable bonds is 5. The van der Waals surface area contributed by atoms with E-state index in [2.05, 4.69) is 5.32 Å². The molecule has 0 aliphatic heterocycles. The molecule has 8 heteroatoms. The van der Waals surface area contributed by atoms with Gasteiger partial charge in [0.05, 0.1) is 6.54 Å². The van der Waals surface area contributed by atoms with Gasteiger partial charge in [-0.05, 0) is 42.8 Å². The highest BCUT2D eigenvalue weighted by molar-refractivity contribution is 7.87. The van der Waals surface area contributed by atoms with E-state index in [9.17, 15) is 13.2 Å². The van der Waals surface area contributed by atoms with Crippen LogP contribution in [0.2, 0.25) is 5.02 Å². The number of carbonyl (C=O) groups is 1. The molecule has 0 aliphatic carbocycles. The molecular weight excluding hydrogens is 340 g/mol. The van der Waals surface area contributed by atoms with E-state index >= 15 is 0 Å². The zero-order valence-electron chi connectivity index (χ0n) is 12.2. The van der Waals surface area contributed by atoms with Crippen molar-refractivity contribution in [2.24, 2.45) is 5.73 Å². The summed E-state index contributed by atoms with van der Waals surface area (Å²) < 4.78 is 29.5. The molecule has 0 saturated heterocycles. The van der Waals surface area contributed by atoms with Crippen molar-refractivity contribution >= 4 is 33.3 Å². The monoisotopic (exact) mass is 354 g/mol. The summed E-state index contributed by atoms with van der Waals surface area (Å²) in [6.07, 6.45) is 0. The van der Waals surface area contributed by atoms with E-state index in [1.807, 2.05) is 0 Å². The highest BCUT2D eigenvalue weighted by atomic mass is 35.5. The molecule has 0 saturated carbocycles. The first-order chi connectivity index (χ1) is 10.8. The molecule has 0 bridgehead atoms. The standard InChI is InChI=1S/C15H15ClN2O4S/c1-10-2-5-12(8-14(10)16)22-23(20,21)13-6-3-11(4-7-13)18-15(19)9-17/h2-8H,9,17H2,1H3,(H,18,19). The average Bonchev–Trinajstić information content (AvgIpc) is 2.51. The Morgan fingerprint density at radius 1 is 1.22 bits per heavy atom. The van der Waals surface area contributed by atoms with E-state index in [0.717, 1.165) is 5.56 Å². The lowest BCUT2D eigenvalue weighted by atomic mass is 10.2. The van der Waals surface area contributed by atoms with Gasteiger partial charge < -0.3 is 15.2 Å². The molecular formula is C15H15ClN2O4S. The van der Waals surface area contributed by atoms with E-state index in [4.69, 9.17) is 21.5 Å². The third-order valence-electron chi connectivity index (χ3n) is 2.96. The highest BCUT2D eigenvalue weighted by Gasteiger charge is 2.17. The second kappa shape index (κ2) is 6.99. The van der Waals surface area contributed by atoms with Gasteiger partial charge in [-0.2, -0.15) is 8.42 Å². The molecule has 0 aromatic heterocycles. The summed E-state index contributed by atoms with van der Waals surface area (Å²) in [4.78, 5) is 11.1. The minimum absolute atomic E-state index is 0.0417. The molecule has 0 spiro atoms. The predicted molar refractivity (Wildman–Crippen MR) is 88.1 cm³/mol. The van der Waals surface area contributed by atoms with Gasteiger partial charge in [-0.15, -0.1) is 0 Å². The number of hydrogen-bond donors (Lipinski definition) is 2. The number of halogens is 1. The maximum Gasteiger partial charge on any atom is 0.339 e. The van der Waals surface area contributed by atoms with Gasteiger partial charge in [0.15, 0.2) is 0 Å². The van der Waals surface area contributed by atoms with Crippen LogP contribution in [0.25, 0.3) is 0 Å². The third-order valence-corrected chi connectivity index (χ3v) is 4.63. The number of aryl methyl sites for hydroxylation is 1. The van der Waals surface area contributed by atoms with Crippen LogP contribution < -0.4 is 15.2 Å². The molecule has 2 aromatic carbocycles. The van der Waals surface area contributed by atoms with Crippen LogP contribution in [0, 0.1) is 6.92 Å². The van der Waals surface area contributed by atoms with Crippen molar-refractivity contribution in [3.8, 4) is 5.75 Å². The zero-order valence-corrected chi connectivity index (χ0v) is 13.8. The minimum atomic E-state index is -3.99. The number of amides is 1. The lowest BCUT2D eigenvalue weighted by Crippen LogP contribution is -2.21. The molecule has 3 N–H and O–H groups in total. The Bertz CT molecular complexity index is 820. The maximum atomic E-state index is 12.2. The largest absolute Gasteiger partial charge is 0.379 e. The fourth-order valence-corrected chi connectivity index (χ4v) is 2.81. The summed E-state index contributed by atoms with van der Waals surface area (Å²) in [6.45, 7) is 1.65. The number of nitrogens with one attached hydrogen (secondary N) is 1. The summed E-state index contributed by atoms with van der Waals surface area (Å²) in [7, 11) is -3.99. The van der Waals surface area contributed by atoms with Gasteiger partial charge in [-0.25, -0.2) is 0 Å². The van der Waals surface area contributed by atoms with E-state index < -0.39 is 10.1 Å². The van der Waals surface area contributed by atoms with Crippen molar-refractivity contribution in [3.05, 3.63) is 53.1 Å². The van der Waals surface area contributed by atoms with Crippen LogP contribution in [0.1, 0.15) is 5.56 Å². The first-order valence-corrected chi connectivity index (χ1v) is 8.41. The summed E-state index contributed by atoms with van der Waals surface area (Å²) in [5, 5.41) is 2.93. The van der Waals surface area contributed by atoms with Gasteiger partial charge in [-0.3, -0.25) is 4.79 Å². The fraction of sp³-hybridized carbons (Fsp3) is 0.133. The predicted octanol–water partition coefficient (Wildman–Crippen LogP) is 2.31. The molecule has 2 rings (SSSR count). The quantitative estimate of drug-likeness (QED) is 0.803. The topological polar surface area (TPSA) is 98.5 Å². The van der Waals surface area contributed by atoms with Gasteiger partial charge in [0, 0.05) is 16.8 Å². The Morgan fingerprint density at radius 2 is 1.87 bits per heavy atom. The fourth-order valence-electron chi connectivity index (χ4n) is 1.72. The molecule has 1 amide bonds. The number of anilines is 1. The van der Waals surface area contributed by atoms with Gasteiger partial charge in [-0.1, -0.05) is 17.7 Å². The molecule has 0 unspecified atom stereocenters. The van der Waals surface area contributed by atoms with Gasteiger partial charge in [0.25, 0.3) is 0 Å². The first-order valence-electron chi connectivity index (χ1n) is 6.62. The van der Waals surface area contributed by atoms with Crippen LogP contribution in [0.3, 0.4) is 0 Å². The zero-order chi connectivity index (χ0) is 17.0. The SMILES string of the molecule is Cc1ccc(OS(=O)(=O)c2ccc(NC(=O)CN)cc2)cc1Cl. The molecule has 0 fully saturated rings. The van der Waals surface area contributed by atoms with Crippen molar-refractivity contribution in [1.82, 2.24) is 0 Å². The molecule has 6 nitrogen and oxygen atoms in total. The molecule has 0 aliphatic rings. The molecule has 122 valence electrons.